The third kappa shape index (κ3) is 4.33. The number of urea groups is 1. The third-order valence-electron chi connectivity index (χ3n) is 5.26. The molecule has 2 atom stereocenters. The van der Waals surface area contributed by atoms with E-state index in [0.717, 1.165) is 11.4 Å². The Kier molecular flexibility index (Phi) is 5.93. The number of anilines is 3. The molecule has 170 valence electrons. The summed E-state index contributed by atoms with van der Waals surface area (Å²) in [6.45, 7) is 2.01. The average molecular weight is 534 g/mol. The van der Waals surface area contributed by atoms with E-state index in [0.29, 0.717) is 31.0 Å². The molecule has 2 aromatic rings. The lowest BCUT2D eigenvalue weighted by atomic mass is 10.1. The van der Waals surface area contributed by atoms with Crippen LogP contribution < -0.4 is 20.4 Å². The number of rotatable bonds is 3. The summed E-state index contributed by atoms with van der Waals surface area (Å²) in [6, 6.07) is 1.94. The molecule has 1 fully saturated rings. The lowest BCUT2D eigenvalue weighted by Crippen LogP contribution is -2.49. The van der Waals surface area contributed by atoms with Crippen LogP contribution in [0.5, 0.6) is 0 Å². The van der Waals surface area contributed by atoms with Crippen molar-refractivity contribution < 1.29 is 22.8 Å². The van der Waals surface area contributed by atoms with Crippen molar-refractivity contribution in [2.24, 2.45) is 0 Å². The van der Waals surface area contributed by atoms with E-state index in [1.807, 2.05) is 10.2 Å². The molecule has 8 nitrogen and oxygen atoms in total. The van der Waals surface area contributed by atoms with Crippen molar-refractivity contribution in [1.29, 1.82) is 0 Å². The third-order valence-corrected chi connectivity index (χ3v) is 6.04. The maximum Gasteiger partial charge on any atom is 0.408 e. The number of hydrogen-bond donors (Lipinski definition) is 2. The van der Waals surface area contributed by atoms with Crippen molar-refractivity contribution in [1.82, 2.24) is 15.3 Å². The van der Waals surface area contributed by atoms with Gasteiger partial charge in [-0.25, -0.2) is 14.8 Å². The predicted molar refractivity (Wildman–Crippen MR) is 116 cm³/mol. The van der Waals surface area contributed by atoms with Crippen molar-refractivity contribution >= 4 is 56.8 Å². The standard InChI is InChI=1S/C19H17BrClF3N6O2/c1-9(19(22,23)24)26-17(31)15-12(21)7-13-16(28-15)30(11-3-5-29(13)8-11)18(32)27-14-6-10(20)2-4-25-14/h2,4,6-7,9,11H,3,5,8H2,1H3,(H,26,31)(H,25,27,32)/t9?,11-/m0/s1. The zero-order valence-corrected chi connectivity index (χ0v) is 18.9. The van der Waals surface area contributed by atoms with Crippen LogP contribution in [-0.4, -0.2) is 53.3 Å². The molecule has 0 radical (unpaired) electrons. The number of halogens is 5. The highest BCUT2D eigenvalue weighted by Gasteiger charge is 2.42. The summed E-state index contributed by atoms with van der Waals surface area (Å²) in [4.78, 5) is 37.3. The largest absolute Gasteiger partial charge is 0.408 e. The Morgan fingerprint density at radius 3 is 2.78 bits per heavy atom. The summed E-state index contributed by atoms with van der Waals surface area (Å²) in [7, 11) is 0. The summed E-state index contributed by atoms with van der Waals surface area (Å²) in [5.41, 5.74) is 0.143. The fourth-order valence-corrected chi connectivity index (χ4v) is 4.20. The molecule has 0 aliphatic carbocycles. The van der Waals surface area contributed by atoms with Crippen LogP contribution in [0.1, 0.15) is 23.8 Å². The molecule has 1 unspecified atom stereocenters. The second-order valence-corrected chi connectivity index (χ2v) is 8.77. The Hall–Kier alpha value is -2.60. The minimum Gasteiger partial charge on any atom is -0.366 e. The number of carbonyl (C=O) groups excluding carboxylic acids is 2. The SMILES string of the molecule is CC(NC(=O)c1nc2c(cc1Cl)N1CC[C@@H](C1)N2C(=O)Nc1cc(Br)ccn1)C(F)(F)F. The van der Waals surface area contributed by atoms with Crippen molar-refractivity contribution in [2.45, 2.75) is 31.6 Å². The average Bonchev–Trinajstić information content (AvgIpc) is 3.12. The first-order valence-electron chi connectivity index (χ1n) is 9.59. The monoisotopic (exact) mass is 532 g/mol. The quantitative estimate of drug-likeness (QED) is 0.617. The molecule has 2 N–H and O–H groups in total. The van der Waals surface area contributed by atoms with Gasteiger partial charge in [0.1, 0.15) is 17.6 Å². The Morgan fingerprint density at radius 1 is 1.34 bits per heavy atom. The normalized spacial score (nSPS) is 18.2. The molecule has 3 amide bonds. The van der Waals surface area contributed by atoms with Gasteiger partial charge in [-0.05, 0) is 31.5 Å². The first-order chi connectivity index (χ1) is 15.0. The molecule has 13 heteroatoms. The summed E-state index contributed by atoms with van der Waals surface area (Å²) in [5, 5.41) is 4.45. The second kappa shape index (κ2) is 8.39. The number of alkyl halides is 3. The smallest absolute Gasteiger partial charge is 0.366 e. The molecule has 1 saturated heterocycles. The van der Waals surface area contributed by atoms with Gasteiger partial charge < -0.3 is 10.2 Å². The molecular formula is C19H17BrClF3N6O2. The Balaban J connectivity index is 1.68. The highest BCUT2D eigenvalue weighted by molar-refractivity contribution is 9.10. The molecule has 0 saturated carbocycles. The van der Waals surface area contributed by atoms with Crippen LogP contribution in [0, 0.1) is 0 Å². The molecule has 4 heterocycles. The fourth-order valence-electron chi connectivity index (χ4n) is 3.63. The van der Waals surface area contributed by atoms with Crippen molar-refractivity contribution in [2.75, 3.05) is 28.2 Å². The van der Waals surface area contributed by atoms with Gasteiger partial charge in [-0.2, -0.15) is 13.2 Å². The number of carbonyl (C=O) groups is 2. The van der Waals surface area contributed by atoms with Gasteiger partial charge in [0.25, 0.3) is 5.91 Å². The van der Waals surface area contributed by atoms with E-state index in [1.54, 1.807) is 12.1 Å². The topological polar surface area (TPSA) is 90.5 Å². The van der Waals surface area contributed by atoms with E-state index < -0.39 is 24.2 Å². The zero-order valence-electron chi connectivity index (χ0n) is 16.6. The molecule has 2 aliphatic rings. The number of nitrogens with one attached hydrogen (secondary N) is 2. The highest BCUT2D eigenvalue weighted by atomic mass is 79.9. The maximum atomic E-state index is 13.1. The van der Waals surface area contributed by atoms with Gasteiger partial charge in [-0.3, -0.25) is 15.0 Å². The van der Waals surface area contributed by atoms with Crippen molar-refractivity contribution in [3.63, 3.8) is 0 Å². The first-order valence-corrected chi connectivity index (χ1v) is 10.8. The van der Waals surface area contributed by atoms with Crippen molar-refractivity contribution in [3.05, 3.63) is 39.6 Å². The molecular weight excluding hydrogens is 517 g/mol. The molecule has 0 spiro atoms. The van der Waals surface area contributed by atoms with Crippen LogP contribution >= 0.6 is 27.5 Å². The van der Waals surface area contributed by atoms with Crippen LogP contribution in [0.3, 0.4) is 0 Å². The predicted octanol–water partition coefficient (Wildman–Crippen LogP) is 4.20. The van der Waals surface area contributed by atoms with Crippen LogP contribution in [0.2, 0.25) is 5.02 Å². The number of hydrogen-bond acceptors (Lipinski definition) is 5. The molecule has 2 bridgehead atoms. The van der Waals surface area contributed by atoms with E-state index >= 15 is 0 Å². The van der Waals surface area contributed by atoms with E-state index in [4.69, 9.17) is 11.6 Å². The van der Waals surface area contributed by atoms with Gasteiger partial charge in [0, 0.05) is 23.8 Å². The number of amides is 3. The van der Waals surface area contributed by atoms with Crippen LogP contribution in [-0.2, 0) is 0 Å². The van der Waals surface area contributed by atoms with Crippen LogP contribution in [0.4, 0.5) is 35.3 Å². The van der Waals surface area contributed by atoms with Crippen LogP contribution in [0.15, 0.2) is 28.9 Å². The first kappa shape index (κ1) is 22.6. The van der Waals surface area contributed by atoms with Crippen LogP contribution in [0.25, 0.3) is 0 Å². The summed E-state index contributed by atoms with van der Waals surface area (Å²) in [6.07, 6.45) is -2.45. The summed E-state index contributed by atoms with van der Waals surface area (Å²) < 4.78 is 39.3. The zero-order chi connectivity index (χ0) is 23.2. The highest BCUT2D eigenvalue weighted by Crippen LogP contribution is 2.41. The fraction of sp³-hybridized carbons (Fsp3) is 0.368. The minimum absolute atomic E-state index is 0.102. The van der Waals surface area contributed by atoms with Gasteiger partial charge in [0.2, 0.25) is 0 Å². The molecule has 2 aliphatic heterocycles. The van der Waals surface area contributed by atoms with E-state index in [2.05, 4.69) is 31.2 Å². The van der Waals surface area contributed by atoms with Gasteiger partial charge in [0.05, 0.1) is 16.8 Å². The molecule has 4 rings (SSSR count). The minimum atomic E-state index is -4.62. The maximum absolute atomic E-state index is 13.1. The molecule has 32 heavy (non-hydrogen) atoms. The van der Waals surface area contributed by atoms with E-state index in [9.17, 15) is 22.8 Å². The van der Waals surface area contributed by atoms with Crippen molar-refractivity contribution in [3.8, 4) is 0 Å². The summed E-state index contributed by atoms with van der Waals surface area (Å²) >= 11 is 9.51. The number of fused-ring (bicyclic) bond motifs is 4. The number of aromatic nitrogens is 2. The molecule has 0 aromatic carbocycles. The van der Waals surface area contributed by atoms with E-state index in [1.165, 1.54) is 17.2 Å². The number of pyridine rings is 2. The molecule has 2 aromatic heterocycles. The second-order valence-electron chi connectivity index (χ2n) is 7.45. The van der Waals surface area contributed by atoms with Gasteiger partial charge in [-0.1, -0.05) is 27.5 Å². The number of nitrogens with zero attached hydrogens (tertiary/aromatic N) is 4. The van der Waals surface area contributed by atoms with Gasteiger partial charge in [-0.15, -0.1) is 0 Å². The Labute approximate surface area is 194 Å². The summed E-state index contributed by atoms with van der Waals surface area (Å²) in [5.74, 6) is -0.623. The Bertz CT molecular complexity index is 1090. The van der Waals surface area contributed by atoms with E-state index in [-0.39, 0.29) is 22.6 Å². The lowest BCUT2D eigenvalue weighted by molar-refractivity contribution is -0.149. The van der Waals surface area contributed by atoms with Gasteiger partial charge >= 0.3 is 12.2 Å². The Morgan fingerprint density at radius 2 is 2.09 bits per heavy atom. The van der Waals surface area contributed by atoms with Gasteiger partial charge in [0.15, 0.2) is 5.82 Å². The lowest BCUT2D eigenvalue weighted by Gasteiger charge is -2.36.